The van der Waals surface area contributed by atoms with E-state index in [1.807, 2.05) is 12.1 Å². The van der Waals surface area contributed by atoms with E-state index < -0.39 is 6.04 Å². The van der Waals surface area contributed by atoms with Gasteiger partial charge in [0, 0.05) is 24.0 Å². The van der Waals surface area contributed by atoms with Crippen molar-refractivity contribution in [2.24, 2.45) is 5.73 Å². The van der Waals surface area contributed by atoms with Gasteiger partial charge in [-0.05, 0) is 30.2 Å². The maximum absolute atomic E-state index is 14.0. The first kappa shape index (κ1) is 12.5. The summed E-state index contributed by atoms with van der Waals surface area (Å²) in [6, 6.07) is 8.35. The summed E-state index contributed by atoms with van der Waals surface area (Å²) in [5.41, 5.74) is 7.53. The van der Waals surface area contributed by atoms with Gasteiger partial charge in [-0.25, -0.2) is 4.39 Å². The van der Waals surface area contributed by atoms with Crippen molar-refractivity contribution in [3.05, 3.63) is 59.7 Å². The number of nitrogens with zero attached hydrogens (tertiary/aromatic N) is 1. The van der Waals surface area contributed by atoms with Crippen LogP contribution >= 0.6 is 0 Å². The van der Waals surface area contributed by atoms with E-state index in [0.29, 0.717) is 12.0 Å². The van der Waals surface area contributed by atoms with Gasteiger partial charge < -0.3 is 10.5 Å². The lowest BCUT2D eigenvalue weighted by Gasteiger charge is -2.14. The van der Waals surface area contributed by atoms with Crippen molar-refractivity contribution >= 4 is 0 Å². The van der Waals surface area contributed by atoms with E-state index in [9.17, 15) is 4.39 Å². The molecule has 0 saturated heterocycles. The van der Waals surface area contributed by atoms with E-state index in [0.717, 1.165) is 5.56 Å². The number of pyridine rings is 1. The highest BCUT2D eigenvalue weighted by Crippen LogP contribution is 2.25. The Labute approximate surface area is 105 Å². The van der Waals surface area contributed by atoms with E-state index >= 15 is 0 Å². The second-order valence-corrected chi connectivity index (χ2v) is 4.03. The highest BCUT2D eigenvalue weighted by molar-refractivity contribution is 5.33. The van der Waals surface area contributed by atoms with Crippen LogP contribution in [0, 0.1) is 5.82 Å². The van der Waals surface area contributed by atoms with Crippen molar-refractivity contribution in [2.75, 3.05) is 7.11 Å². The summed E-state index contributed by atoms with van der Waals surface area (Å²) in [4.78, 5) is 3.94. The Morgan fingerprint density at radius 2 is 2.00 bits per heavy atom. The molecular formula is C14H15FN2O. The van der Waals surface area contributed by atoms with Crippen LogP contribution < -0.4 is 10.5 Å². The number of aromatic nitrogens is 1. The van der Waals surface area contributed by atoms with Crippen molar-refractivity contribution in [2.45, 2.75) is 12.5 Å². The van der Waals surface area contributed by atoms with E-state index in [1.165, 1.54) is 7.11 Å². The van der Waals surface area contributed by atoms with Crippen LogP contribution in [0.3, 0.4) is 0 Å². The fourth-order valence-electron chi connectivity index (χ4n) is 1.85. The molecule has 18 heavy (non-hydrogen) atoms. The SMILES string of the molecule is COc1cccc(C(N)Cc2ccncc2)c1F. The molecule has 1 atom stereocenters. The highest BCUT2D eigenvalue weighted by Gasteiger charge is 2.15. The summed E-state index contributed by atoms with van der Waals surface area (Å²) in [7, 11) is 1.44. The summed E-state index contributed by atoms with van der Waals surface area (Å²) in [5, 5.41) is 0. The highest BCUT2D eigenvalue weighted by atomic mass is 19.1. The van der Waals surface area contributed by atoms with Crippen LogP contribution in [-0.2, 0) is 6.42 Å². The zero-order chi connectivity index (χ0) is 13.0. The Morgan fingerprint density at radius 3 is 2.67 bits per heavy atom. The van der Waals surface area contributed by atoms with Gasteiger partial charge in [0.2, 0.25) is 0 Å². The Balaban J connectivity index is 2.21. The molecule has 2 rings (SSSR count). The van der Waals surface area contributed by atoms with Crippen LogP contribution in [0.4, 0.5) is 4.39 Å². The first-order valence-electron chi connectivity index (χ1n) is 5.69. The summed E-state index contributed by atoms with van der Waals surface area (Å²) >= 11 is 0. The number of benzene rings is 1. The third-order valence-corrected chi connectivity index (χ3v) is 2.82. The third kappa shape index (κ3) is 2.65. The van der Waals surface area contributed by atoms with Crippen molar-refractivity contribution in [1.29, 1.82) is 0 Å². The largest absolute Gasteiger partial charge is 0.494 e. The Morgan fingerprint density at radius 1 is 1.28 bits per heavy atom. The number of halogens is 1. The molecule has 1 unspecified atom stereocenters. The van der Waals surface area contributed by atoms with E-state index in [2.05, 4.69) is 4.98 Å². The smallest absolute Gasteiger partial charge is 0.169 e. The zero-order valence-corrected chi connectivity index (χ0v) is 10.1. The van der Waals surface area contributed by atoms with E-state index in [4.69, 9.17) is 10.5 Å². The topological polar surface area (TPSA) is 48.1 Å². The predicted molar refractivity (Wildman–Crippen MR) is 67.8 cm³/mol. The monoisotopic (exact) mass is 246 g/mol. The van der Waals surface area contributed by atoms with Gasteiger partial charge in [-0.2, -0.15) is 0 Å². The van der Waals surface area contributed by atoms with Crippen LogP contribution in [0.25, 0.3) is 0 Å². The van der Waals surface area contributed by atoms with Gasteiger partial charge in [0.05, 0.1) is 7.11 Å². The molecule has 0 spiro atoms. The van der Waals surface area contributed by atoms with E-state index in [1.54, 1.807) is 30.6 Å². The average molecular weight is 246 g/mol. The molecular weight excluding hydrogens is 231 g/mol. The second kappa shape index (κ2) is 5.60. The van der Waals surface area contributed by atoms with Crippen LogP contribution in [0.5, 0.6) is 5.75 Å². The lowest BCUT2D eigenvalue weighted by Crippen LogP contribution is -2.15. The number of nitrogens with two attached hydrogens (primary N) is 1. The van der Waals surface area contributed by atoms with Gasteiger partial charge in [0.1, 0.15) is 0 Å². The molecule has 0 bridgehead atoms. The second-order valence-electron chi connectivity index (χ2n) is 4.03. The molecule has 2 aromatic rings. The molecule has 0 radical (unpaired) electrons. The minimum atomic E-state index is -0.400. The minimum absolute atomic E-state index is 0.220. The number of methoxy groups -OCH3 is 1. The van der Waals surface area contributed by atoms with Crippen LogP contribution in [-0.4, -0.2) is 12.1 Å². The zero-order valence-electron chi connectivity index (χ0n) is 10.1. The summed E-state index contributed by atoms with van der Waals surface area (Å²) in [6.07, 6.45) is 3.96. The number of ether oxygens (including phenoxy) is 1. The molecule has 0 aliphatic rings. The molecule has 0 saturated carbocycles. The molecule has 1 aromatic carbocycles. The first-order chi connectivity index (χ1) is 8.72. The normalized spacial score (nSPS) is 12.2. The standard InChI is InChI=1S/C14H15FN2O/c1-18-13-4-2-3-11(14(13)15)12(16)9-10-5-7-17-8-6-10/h2-8,12H,9,16H2,1H3. The van der Waals surface area contributed by atoms with Gasteiger partial charge >= 0.3 is 0 Å². The van der Waals surface area contributed by atoms with Gasteiger partial charge in [-0.3, -0.25) is 4.98 Å². The molecule has 1 aromatic heterocycles. The lowest BCUT2D eigenvalue weighted by atomic mass is 9.99. The molecule has 3 nitrogen and oxygen atoms in total. The summed E-state index contributed by atoms with van der Waals surface area (Å²) in [6.45, 7) is 0. The Bertz CT molecular complexity index is 516. The van der Waals surface area contributed by atoms with Crippen LogP contribution in [0.1, 0.15) is 17.2 Å². The van der Waals surface area contributed by atoms with Crippen LogP contribution in [0.15, 0.2) is 42.7 Å². The molecule has 0 amide bonds. The number of rotatable bonds is 4. The van der Waals surface area contributed by atoms with Crippen molar-refractivity contribution in [3.63, 3.8) is 0 Å². The number of hydrogen-bond donors (Lipinski definition) is 1. The maximum atomic E-state index is 14.0. The molecule has 1 heterocycles. The molecule has 0 fully saturated rings. The van der Waals surface area contributed by atoms with Gasteiger partial charge in [0.15, 0.2) is 11.6 Å². The maximum Gasteiger partial charge on any atom is 0.169 e. The fraction of sp³-hybridized carbons (Fsp3) is 0.214. The van der Waals surface area contributed by atoms with Crippen LogP contribution in [0.2, 0.25) is 0 Å². The summed E-state index contributed by atoms with van der Waals surface area (Å²) < 4.78 is 19.0. The fourth-order valence-corrected chi connectivity index (χ4v) is 1.85. The lowest BCUT2D eigenvalue weighted by molar-refractivity contribution is 0.382. The third-order valence-electron chi connectivity index (χ3n) is 2.82. The molecule has 2 N–H and O–H groups in total. The average Bonchev–Trinajstić information content (AvgIpc) is 2.40. The number of hydrogen-bond acceptors (Lipinski definition) is 3. The Hall–Kier alpha value is -1.94. The van der Waals surface area contributed by atoms with Crippen molar-refractivity contribution < 1.29 is 9.13 Å². The van der Waals surface area contributed by atoms with Gasteiger partial charge in [-0.15, -0.1) is 0 Å². The predicted octanol–water partition coefficient (Wildman–Crippen LogP) is 2.47. The first-order valence-corrected chi connectivity index (χ1v) is 5.69. The van der Waals surface area contributed by atoms with Crippen molar-refractivity contribution in [3.8, 4) is 5.75 Å². The Kier molecular flexibility index (Phi) is 3.89. The summed E-state index contributed by atoms with van der Waals surface area (Å²) in [5.74, 6) is -0.167. The van der Waals surface area contributed by atoms with Gasteiger partial charge in [-0.1, -0.05) is 12.1 Å². The van der Waals surface area contributed by atoms with E-state index in [-0.39, 0.29) is 11.6 Å². The molecule has 4 heteroatoms. The molecule has 94 valence electrons. The quantitative estimate of drug-likeness (QED) is 0.901. The molecule has 0 aliphatic carbocycles. The van der Waals surface area contributed by atoms with Gasteiger partial charge in [0.25, 0.3) is 0 Å². The molecule has 0 aliphatic heterocycles. The minimum Gasteiger partial charge on any atom is -0.494 e. The van der Waals surface area contributed by atoms with Crippen molar-refractivity contribution in [1.82, 2.24) is 4.98 Å².